The maximum Gasteiger partial charge on any atom is 0.264 e. The Morgan fingerprint density at radius 3 is 2.61 bits per heavy atom. The lowest BCUT2D eigenvalue weighted by atomic mass is 9.96. The van der Waals surface area contributed by atoms with Gasteiger partial charge in [-0.15, -0.1) is 0 Å². The molecule has 148 valence electrons. The van der Waals surface area contributed by atoms with E-state index in [1.807, 2.05) is 0 Å². The first-order valence-corrected chi connectivity index (χ1v) is 8.95. The van der Waals surface area contributed by atoms with E-state index >= 15 is 0 Å². The fourth-order valence-corrected chi connectivity index (χ4v) is 3.53. The highest BCUT2D eigenvalue weighted by Crippen LogP contribution is 2.31. The summed E-state index contributed by atoms with van der Waals surface area (Å²) in [5, 5.41) is 13.4. The van der Waals surface area contributed by atoms with Gasteiger partial charge in [-0.3, -0.25) is 4.79 Å². The fraction of sp³-hybridized carbons (Fsp3) is 0.333. The molecule has 3 rings (SSSR count). The number of aliphatic hydroxyl groups excluding tert-OH is 1. The number of benzene rings is 2. The van der Waals surface area contributed by atoms with Crippen LogP contribution in [0.5, 0.6) is 0 Å². The minimum atomic E-state index is -2.53. The van der Waals surface area contributed by atoms with Crippen molar-refractivity contribution >= 4 is 11.6 Å². The SMILES string of the molecule is CON=C1CC(CO)N(C(=O)c2ccc(-c3cccc(C(F)F)c3C)cc2)C1. The summed E-state index contributed by atoms with van der Waals surface area (Å²) in [5.41, 5.74) is 3.16. The third-order valence-corrected chi connectivity index (χ3v) is 5.01. The molecule has 7 heteroatoms. The minimum Gasteiger partial charge on any atom is -0.399 e. The molecular formula is C21H22F2N2O3. The Kier molecular flexibility index (Phi) is 6.04. The standard InChI is InChI=1S/C21H22F2N2O3/c1-13-18(4-3-5-19(13)20(22)23)14-6-8-15(9-7-14)21(27)25-11-16(24-28-2)10-17(25)12-26/h3-9,17,20,26H,10-12H2,1-2H3. The van der Waals surface area contributed by atoms with Crippen molar-refractivity contribution in [2.75, 3.05) is 20.3 Å². The summed E-state index contributed by atoms with van der Waals surface area (Å²) < 4.78 is 26.3. The van der Waals surface area contributed by atoms with Crippen LogP contribution in [0.15, 0.2) is 47.6 Å². The average Bonchev–Trinajstić information content (AvgIpc) is 3.11. The Balaban J connectivity index is 1.84. The van der Waals surface area contributed by atoms with Crippen molar-refractivity contribution in [3.8, 4) is 11.1 Å². The van der Waals surface area contributed by atoms with Crippen molar-refractivity contribution < 1.29 is 23.5 Å². The molecule has 0 spiro atoms. The normalized spacial score (nSPS) is 18.1. The van der Waals surface area contributed by atoms with Gasteiger partial charge in [0.1, 0.15) is 7.11 Å². The first kappa shape index (κ1) is 19.9. The molecule has 1 heterocycles. The van der Waals surface area contributed by atoms with Gasteiger partial charge in [-0.25, -0.2) is 8.78 Å². The summed E-state index contributed by atoms with van der Waals surface area (Å²) >= 11 is 0. The molecule has 0 saturated carbocycles. The van der Waals surface area contributed by atoms with Crippen LogP contribution in [0.4, 0.5) is 8.78 Å². The summed E-state index contributed by atoms with van der Waals surface area (Å²) in [6.45, 7) is 1.81. The Hall–Kier alpha value is -2.80. The van der Waals surface area contributed by atoms with Crippen LogP contribution in [0.2, 0.25) is 0 Å². The molecule has 5 nitrogen and oxygen atoms in total. The third kappa shape index (κ3) is 3.89. The van der Waals surface area contributed by atoms with Gasteiger partial charge in [0.25, 0.3) is 12.3 Å². The molecular weight excluding hydrogens is 366 g/mol. The monoisotopic (exact) mass is 388 g/mol. The smallest absolute Gasteiger partial charge is 0.264 e. The van der Waals surface area contributed by atoms with Crippen molar-refractivity contribution in [1.82, 2.24) is 4.90 Å². The van der Waals surface area contributed by atoms with Gasteiger partial charge in [0.2, 0.25) is 0 Å². The van der Waals surface area contributed by atoms with E-state index in [9.17, 15) is 18.7 Å². The number of carbonyl (C=O) groups is 1. The van der Waals surface area contributed by atoms with Gasteiger partial charge in [0, 0.05) is 17.5 Å². The molecule has 1 N–H and O–H groups in total. The molecule has 2 aromatic carbocycles. The summed E-state index contributed by atoms with van der Waals surface area (Å²) in [6.07, 6.45) is -2.07. The lowest BCUT2D eigenvalue weighted by Crippen LogP contribution is -2.37. The van der Waals surface area contributed by atoms with Crippen molar-refractivity contribution in [3.63, 3.8) is 0 Å². The quantitative estimate of drug-likeness (QED) is 0.793. The van der Waals surface area contributed by atoms with Crippen LogP contribution >= 0.6 is 0 Å². The molecule has 1 fully saturated rings. The number of amides is 1. The van der Waals surface area contributed by atoms with Gasteiger partial charge in [-0.1, -0.05) is 35.5 Å². The summed E-state index contributed by atoms with van der Waals surface area (Å²) in [4.78, 5) is 19.2. The Labute approximate surface area is 162 Å². The molecule has 1 aliphatic rings. The van der Waals surface area contributed by atoms with Crippen molar-refractivity contribution in [2.45, 2.75) is 25.8 Å². The van der Waals surface area contributed by atoms with Crippen LogP contribution in [0, 0.1) is 6.92 Å². The van der Waals surface area contributed by atoms with E-state index in [1.54, 1.807) is 48.2 Å². The highest BCUT2D eigenvalue weighted by molar-refractivity contribution is 6.00. The largest absolute Gasteiger partial charge is 0.399 e. The van der Waals surface area contributed by atoms with Gasteiger partial charge in [0.15, 0.2) is 0 Å². The van der Waals surface area contributed by atoms with E-state index in [-0.39, 0.29) is 24.1 Å². The van der Waals surface area contributed by atoms with Gasteiger partial charge >= 0.3 is 0 Å². The second kappa shape index (κ2) is 8.48. The van der Waals surface area contributed by atoms with E-state index in [4.69, 9.17) is 4.84 Å². The molecule has 28 heavy (non-hydrogen) atoms. The molecule has 1 amide bonds. The molecule has 0 bridgehead atoms. The summed E-state index contributed by atoms with van der Waals surface area (Å²) in [6, 6.07) is 11.3. The summed E-state index contributed by atoms with van der Waals surface area (Å²) in [5.74, 6) is -0.218. The van der Waals surface area contributed by atoms with Gasteiger partial charge in [-0.2, -0.15) is 0 Å². The van der Waals surface area contributed by atoms with Crippen LogP contribution < -0.4 is 0 Å². The van der Waals surface area contributed by atoms with Crippen LogP contribution in [0.3, 0.4) is 0 Å². The Morgan fingerprint density at radius 1 is 1.29 bits per heavy atom. The van der Waals surface area contributed by atoms with Crippen molar-refractivity contribution in [3.05, 3.63) is 59.2 Å². The van der Waals surface area contributed by atoms with Crippen LogP contribution in [-0.2, 0) is 4.84 Å². The molecule has 0 aliphatic carbocycles. The molecule has 1 atom stereocenters. The minimum absolute atomic E-state index is 0.00506. The van der Waals surface area contributed by atoms with E-state index < -0.39 is 6.43 Å². The molecule has 2 aromatic rings. The third-order valence-electron chi connectivity index (χ3n) is 5.01. The predicted molar refractivity (Wildman–Crippen MR) is 103 cm³/mol. The Bertz CT molecular complexity index is 882. The number of hydrogen-bond donors (Lipinski definition) is 1. The topological polar surface area (TPSA) is 62.1 Å². The van der Waals surface area contributed by atoms with Crippen molar-refractivity contribution in [1.29, 1.82) is 0 Å². The molecule has 0 radical (unpaired) electrons. The molecule has 1 unspecified atom stereocenters. The highest BCUT2D eigenvalue weighted by Gasteiger charge is 2.33. The van der Waals surface area contributed by atoms with Crippen molar-refractivity contribution in [2.24, 2.45) is 5.16 Å². The van der Waals surface area contributed by atoms with E-state index in [0.717, 1.165) is 5.56 Å². The van der Waals surface area contributed by atoms with Gasteiger partial charge < -0.3 is 14.8 Å². The summed E-state index contributed by atoms with van der Waals surface area (Å²) in [7, 11) is 1.44. The number of likely N-dealkylation sites (tertiary alicyclic amines) is 1. The molecule has 1 saturated heterocycles. The first-order chi connectivity index (χ1) is 13.5. The second-order valence-corrected chi connectivity index (χ2v) is 6.71. The molecule has 0 aromatic heterocycles. The maximum absolute atomic E-state index is 13.1. The highest BCUT2D eigenvalue weighted by atomic mass is 19.3. The van der Waals surface area contributed by atoms with Gasteiger partial charge in [-0.05, 0) is 35.7 Å². The zero-order valence-electron chi connectivity index (χ0n) is 15.7. The first-order valence-electron chi connectivity index (χ1n) is 8.95. The maximum atomic E-state index is 13.1. The lowest BCUT2D eigenvalue weighted by molar-refractivity contribution is 0.0680. The van der Waals surface area contributed by atoms with Crippen LogP contribution in [0.25, 0.3) is 11.1 Å². The average molecular weight is 388 g/mol. The lowest BCUT2D eigenvalue weighted by Gasteiger charge is -2.22. The number of alkyl halides is 2. The molecule has 1 aliphatic heterocycles. The zero-order chi connectivity index (χ0) is 20.3. The van der Waals surface area contributed by atoms with E-state index in [1.165, 1.54) is 13.2 Å². The number of hydrogen-bond acceptors (Lipinski definition) is 4. The number of carbonyl (C=O) groups excluding carboxylic acids is 1. The number of oxime groups is 1. The Morgan fingerprint density at radius 2 is 2.00 bits per heavy atom. The zero-order valence-corrected chi connectivity index (χ0v) is 15.7. The number of nitrogens with zero attached hydrogens (tertiary/aromatic N) is 2. The number of halogens is 2. The van der Waals surface area contributed by atoms with Crippen LogP contribution in [-0.4, -0.2) is 47.9 Å². The second-order valence-electron chi connectivity index (χ2n) is 6.71. The fourth-order valence-electron chi connectivity index (χ4n) is 3.53. The van der Waals surface area contributed by atoms with E-state index in [0.29, 0.717) is 35.4 Å². The van der Waals surface area contributed by atoms with Crippen LogP contribution in [0.1, 0.15) is 34.3 Å². The van der Waals surface area contributed by atoms with Gasteiger partial charge in [0.05, 0.1) is 24.9 Å². The number of rotatable bonds is 5. The predicted octanol–water partition coefficient (Wildman–Crippen LogP) is 3.81. The number of aliphatic hydroxyl groups is 1. The van der Waals surface area contributed by atoms with E-state index in [2.05, 4.69) is 5.16 Å².